The summed E-state index contributed by atoms with van der Waals surface area (Å²) in [4.78, 5) is 4.31. The van der Waals surface area contributed by atoms with Crippen LogP contribution in [0.3, 0.4) is 0 Å². The Labute approximate surface area is 96.0 Å². The Kier molecular flexibility index (Phi) is 4.79. The minimum absolute atomic E-state index is 0.635. The summed E-state index contributed by atoms with van der Waals surface area (Å²) in [5.74, 6) is 0.642. The lowest BCUT2D eigenvalue weighted by Crippen LogP contribution is -2.08. The molecule has 2 rings (SSSR count). The SMILES string of the molecule is CC.COc1ccc2c(ccn2CCN)n1. The molecule has 0 spiro atoms. The van der Waals surface area contributed by atoms with E-state index in [0.29, 0.717) is 12.4 Å². The van der Waals surface area contributed by atoms with Crippen molar-refractivity contribution in [3.8, 4) is 5.88 Å². The Bertz CT molecular complexity index is 437. The number of rotatable bonds is 3. The van der Waals surface area contributed by atoms with Crippen molar-refractivity contribution in [2.24, 2.45) is 5.73 Å². The maximum absolute atomic E-state index is 5.50. The maximum atomic E-state index is 5.50. The van der Waals surface area contributed by atoms with Crippen LogP contribution in [0.2, 0.25) is 0 Å². The first-order valence-electron chi connectivity index (χ1n) is 5.55. The lowest BCUT2D eigenvalue weighted by molar-refractivity contribution is 0.399. The highest BCUT2D eigenvalue weighted by Gasteiger charge is 2.02. The molecule has 2 aromatic heterocycles. The molecule has 4 heteroatoms. The zero-order chi connectivity index (χ0) is 12.0. The Morgan fingerprint density at radius 3 is 2.69 bits per heavy atom. The topological polar surface area (TPSA) is 53.1 Å². The number of ether oxygens (including phenoxy) is 1. The summed E-state index contributed by atoms with van der Waals surface area (Å²) in [7, 11) is 1.62. The van der Waals surface area contributed by atoms with Gasteiger partial charge in [-0.1, -0.05) is 13.8 Å². The lowest BCUT2D eigenvalue weighted by Gasteiger charge is -2.02. The Morgan fingerprint density at radius 2 is 2.06 bits per heavy atom. The van der Waals surface area contributed by atoms with Crippen LogP contribution in [-0.2, 0) is 6.54 Å². The molecule has 16 heavy (non-hydrogen) atoms. The molecule has 0 saturated carbocycles. The molecule has 2 heterocycles. The van der Waals surface area contributed by atoms with E-state index in [1.165, 1.54) is 0 Å². The van der Waals surface area contributed by atoms with E-state index in [-0.39, 0.29) is 0 Å². The van der Waals surface area contributed by atoms with Gasteiger partial charge in [-0.2, -0.15) is 0 Å². The summed E-state index contributed by atoms with van der Waals surface area (Å²) in [6.45, 7) is 5.45. The van der Waals surface area contributed by atoms with Gasteiger partial charge in [-0.05, 0) is 12.1 Å². The molecule has 0 aliphatic rings. The predicted octanol–water partition coefficient (Wildman–Crippen LogP) is 2.03. The van der Waals surface area contributed by atoms with E-state index in [1.54, 1.807) is 7.11 Å². The fourth-order valence-electron chi connectivity index (χ4n) is 1.50. The first kappa shape index (κ1) is 12.5. The first-order chi connectivity index (χ1) is 7.85. The molecule has 0 unspecified atom stereocenters. The minimum Gasteiger partial charge on any atom is -0.481 e. The van der Waals surface area contributed by atoms with Gasteiger partial charge in [0.05, 0.1) is 18.1 Å². The smallest absolute Gasteiger partial charge is 0.213 e. The van der Waals surface area contributed by atoms with Crippen LogP contribution in [0.4, 0.5) is 0 Å². The summed E-state index contributed by atoms with van der Waals surface area (Å²) < 4.78 is 7.13. The second-order valence-corrected chi connectivity index (χ2v) is 3.06. The van der Waals surface area contributed by atoms with Gasteiger partial charge in [0.25, 0.3) is 0 Å². The number of nitrogens with two attached hydrogens (primary N) is 1. The van der Waals surface area contributed by atoms with Crippen LogP contribution < -0.4 is 10.5 Å². The van der Waals surface area contributed by atoms with Gasteiger partial charge in [-0.15, -0.1) is 0 Å². The molecule has 4 nitrogen and oxygen atoms in total. The Hall–Kier alpha value is -1.55. The molecule has 0 saturated heterocycles. The van der Waals surface area contributed by atoms with Gasteiger partial charge in [-0.3, -0.25) is 0 Å². The zero-order valence-corrected chi connectivity index (χ0v) is 10.1. The highest BCUT2D eigenvalue weighted by molar-refractivity contribution is 5.76. The molecular weight excluding hydrogens is 202 g/mol. The predicted molar refractivity (Wildman–Crippen MR) is 66.7 cm³/mol. The molecule has 0 aromatic carbocycles. The van der Waals surface area contributed by atoms with E-state index in [2.05, 4.69) is 9.55 Å². The normalized spacial score (nSPS) is 9.75. The van der Waals surface area contributed by atoms with Gasteiger partial charge in [0, 0.05) is 25.4 Å². The van der Waals surface area contributed by atoms with E-state index in [4.69, 9.17) is 10.5 Å². The molecular formula is C12H19N3O. The Balaban J connectivity index is 0.000000606. The van der Waals surface area contributed by atoms with E-state index in [9.17, 15) is 0 Å². The van der Waals surface area contributed by atoms with E-state index in [0.717, 1.165) is 17.6 Å². The number of fused-ring (bicyclic) bond motifs is 1. The summed E-state index contributed by atoms with van der Waals surface area (Å²) in [5, 5.41) is 0. The van der Waals surface area contributed by atoms with Crippen LogP contribution in [0.15, 0.2) is 24.4 Å². The van der Waals surface area contributed by atoms with Crippen molar-refractivity contribution < 1.29 is 4.74 Å². The van der Waals surface area contributed by atoms with Gasteiger partial charge >= 0.3 is 0 Å². The molecule has 0 atom stereocenters. The monoisotopic (exact) mass is 221 g/mol. The Morgan fingerprint density at radius 1 is 1.31 bits per heavy atom. The van der Waals surface area contributed by atoms with Crippen LogP contribution in [0.25, 0.3) is 11.0 Å². The lowest BCUT2D eigenvalue weighted by atomic mass is 10.4. The average molecular weight is 221 g/mol. The second-order valence-electron chi connectivity index (χ2n) is 3.06. The molecule has 0 aliphatic heterocycles. The number of hydrogen-bond donors (Lipinski definition) is 1. The van der Waals surface area contributed by atoms with Crippen molar-refractivity contribution in [2.75, 3.05) is 13.7 Å². The molecule has 0 fully saturated rings. The van der Waals surface area contributed by atoms with Crippen molar-refractivity contribution in [1.29, 1.82) is 0 Å². The molecule has 0 aliphatic carbocycles. The third-order valence-electron chi connectivity index (χ3n) is 2.18. The van der Waals surface area contributed by atoms with Gasteiger partial charge in [0.1, 0.15) is 0 Å². The minimum atomic E-state index is 0.635. The van der Waals surface area contributed by atoms with Crippen molar-refractivity contribution >= 4 is 11.0 Å². The number of methoxy groups -OCH3 is 1. The second kappa shape index (κ2) is 6.12. The molecule has 0 radical (unpaired) electrons. The molecule has 2 N–H and O–H groups in total. The van der Waals surface area contributed by atoms with Crippen LogP contribution in [-0.4, -0.2) is 23.2 Å². The van der Waals surface area contributed by atoms with Gasteiger partial charge in [0.2, 0.25) is 5.88 Å². The number of nitrogens with zero attached hydrogens (tertiary/aromatic N) is 2. The van der Waals surface area contributed by atoms with Gasteiger partial charge in [0.15, 0.2) is 0 Å². The van der Waals surface area contributed by atoms with Crippen molar-refractivity contribution in [3.05, 3.63) is 24.4 Å². The summed E-state index contributed by atoms with van der Waals surface area (Å²) in [5.41, 5.74) is 7.54. The van der Waals surface area contributed by atoms with Crippen LogP contribution in [0.1, 0.15) is 13.8 Å². The summed E-state index contributed by atoms with van der Waals surface area (Å²) in [6, 6.07) is 5.82. The third-order valence-corrected chi connectivity index (χ3v) is 2.18. The van der Waals surface area contributed by atoms with Gasteiger partial charge in [-0.25, -0.2) is 4.98 Å². The van der Waals surface area contributed by atoms with Crippen LogP contribution in [0, 0.1) is 0 Å². The number of hydrogen-bond acceptors (Lipinski definition) is 3. The molecule has 0 bridgehead atoms. The van der Waals surface area contributed by atoms with Crippen LogP contribution >= 0.6 is 0 Å². The fourth-order valence-corrected chi connectivity index (χ4v) is 1.50. The van der Waals surface area contributed by atoms with Crippen LogP contribution in [0.5, 0.6) is 5.88 Å². The van der Waals surface area contributed by atoms with E-state index < -0.39 is 0 Å². The maximum Gasteiger partial charge on any atom is 0.213 e. The average Bonchev–Trinajstić information content (AvgIpc) is 2.75. The van der Waals surface area contributed by atoms with Crippen molar-refractivity contribution in [2.45, 2.75) is 20.4 Å². The number of aromatic nitrogens is 2. The first-order valence-corrected chi connectivity index (χ1v) is 5.55. The van der Waals surface area contributed by atoms with Crippen molar-refractivity contribution in [3.63, 3.8) is 0 Å². The number of pyridine rings is 1. The molecule has 0 amide bonds. The molecule has 88 valence electrons. The largest absolute Gasteiger partial charge is 0.481 e. The van der Waals surface area contributed by atoms with Crippen molar-refractivity contribution in [1.82, 2.24) is 9.55 Å². The highest BCUT2D eigenvalue weighted by Crippen LogP contribution is 2.17. The van der Waals surface area contributed by atoms with E-state index >= 15 is 0 Å². The summed E-state index contributed by atoms with van der Waals surface area (Å²) in [6.07, 6.45) is 1.99. The van der Waals surface area contributed by atoms with Gasteiger partial charge < -0.3 is 15.0 Å². The highest BCUT2D eigenvalue weighted by atomic mass is 16.5. The zero-order valence-electron chi connectivity index (χ0n) is 10.1. The fraction of sp³-hybridized carbons (Fsp3) is 0.417. The standard InChI is InChI=1S/C10H13N3O.C2H6/c1-14-10-3-2-9-8(12-10)4-6-13(9)7-5-11;1-2/h2-4,6H,5,7,11H2,1H3;1-2H3. The third kappa shape index (κ3) is 2.52. The molecule has 2 aromatic rings. The summed E-state index contributed by atoms with van der Waals surface area (Å²) >= 11 is 0. The van der Waals surface area contributed by atoms with E-state index in [1.807, 2.05) is 38.2 Å². The quantitative estimate of drug-likeness (QED) is 0.862.